The number of rotatable bonds is 16. The summed E-state index contributed by atoms with van der Waals surface area (Å²) >= 11 is 0. The number of aromatic nitrogens is 1. The summed E-state index contributed by atoms with van der Waals surface area (Å²) in [5.41, 5.74) is 17.4. The molecule has 0 radical (unpaired) electrons. The minimum absolute atomic E-state index is 0.736. The van der Waals surface area contributed by atoms with Gasteiger partial charge in [-0.05, 0) is 155 Å². The van der Waals surface area contributed by atoms with Crippen molar-refractivity contribution in [2.24, 2.45) is 0 Å². The van der Waals surface area contributed by atoms with E-state index in [9.17, 15) is 0 Å². The fraction of sp³-hybridized carbons (Fsp3) is 0.118. The first kappa shape index (κ1) is 46.9. The standard InChI is InChI=1S/C68H62N2/c1-6-9-14-28-52(51(5)50(4)27-10-7-2)32-23-36-57(26-8-3)69(59-46-43-55(44-47-59)62-39-20-13-19-38-61(62)53-29-15-11-16-30-53)60-37-24-33-56(49-60)64-41-25-42-65-68(64)67-63-40-22-21-31-54(63)45-48-66(67)70(65)58-34-17-12-18-35-58/h7,9-19,21-31,33-49H,5-6,8,20,32H2,1-4H3/b10-7-,14-9-,36-23-,50-27+,52-28-,57-26+. The molecule has 9 rings (SSSR count). The Morgan fingerprint density at radius 2 is 1.37 bits per heavy atom. The van der Waals surface area contributed by atoms with Gasteiger partial charge in [0.15, 0.2) is 0 Å². The predicted octanol–water partition coefficient (Wildman–Crippen LogP) is 19.4. The third-order valence-electron chi connectivity index (χ3n) is 13.1. The largest absolute Gasteiger partial charge is 0.311 e. The van der Waals surface area contributed by atoms with Crippen molar-refractivity contribution in [3.63, 3.8) is 0 Å². The van der Waals surface area contributed by atoms with Crippen molar-refractivity contribution in [2.75, 3.05) is 4.90 Å². The minimum Gasteiger partial charge on any atom is -0.311 e. The predicted molar refractivity (Wildman–Crippen MR) is 306 cm³/mol. The second-order valence-corrected chi connectivity index (χ2v) is 17.7. The van der Waals surface area contributed by atoms with Crippen molar-refractivity contribution in [3.8, 4) is 16.8 Å². The highest BCUT2D eigenvalue weighted by atomic mass is 15.1. The van der Waals surface area contributed by atoms with Gasteiger partial charge in [-0.3, -0.25) is 0 Å². The first-order valence-corrected chi connectivity index (χ1v) is 24.8. The first-order valence-electron chi connectivity index (χ1n) is 24.8. The average Bonchev–Trinajstić information content (AvgIpc) is 3.56. The van der Waals surface area contributed by atoms with Gasteiger partial charge >= 0.3 is 0 Å². The summed E-state index contributed by atoms with van der Waals surface area (Å²) in [5, 5.41) is 5.00. The van der Waals surface area contributed by atoms with Gasteiger partial charge in [-0.15, -0.1) is 0 Å². The molecule has 1 aliphatic carbocycles. The molecule has 0 aliphatic heterocycles. The Balaban J connectivity index is 1.19. The fourth-order valence-electron chi connectivity index (χ4n) is 9.70. The van der Waals surface area contributed by atoms with Crippen LogP contribution in [0.5, 0.6) is 0 Å². The average molecular weight is 907 g/mol. The van der Waals surface area contributed by atoms with Gasteiger partial charge in [0.2, 0.25) is 0 Å². The molecule has 0 amide bonds. The number of hydrogen-bond donors (Lipinski definition) is 0. The first-order chi connectivity index (χ1) is 34.5. The van der Waals surface area contributed by atoms with E-state index in [4.69, 9.17) is 0 Å². The van der Waals surface area contributed by atoms with Gasteiger partial charge in [-0.2, -0.15) is 0 Å². The molecule has 344 valence electrons. The summed E-state index contributed by atoms with van der Waals surface area (Å²) in [5.74, 6) is 0. The van der Waals surface area contributed by atoms with E-state index in [1.807, 2.05) is 6.92 Å². The summed E-state index contributed by atoms with van der Waals surface area (Å²) in [6.45, 7) is 13.1. The zero-order chi connectivity index (χ0) is 48.2. The number of allylic oxidation sites excluding steroid dienone is 18. The number of para-hydroxylation sites is 1. The monoisotopic (exact) mass is 906 g/mol. The highest BCUT2D eigenvalue weighted by molar-refractivity contribution is 6.25. The van der Waals surface area contributed by atoms with Gasteiger partial charge in [0.1, 0.15) is 0 Å². The van der Waals surface area contributed by atoms with E-state index in [2.05, 4.69) is 280 Å². The molecule has 1 aliphatic rings. The van der Waals surface area contributed by atoms with Gasteiger partial charge < -0.3 is 9.47 Å². The number of fused-ring (bicyclic) bond motifs is 5. The Morgan fingerprint density at radius 3 is 2.16 bits per heavy atom. The molecule has 0 fully saturated rings. The van der Waals surface area contributed by atoms with Crippen LogP contribution < -0.4 is 4.90 Å². The van der Waals surface area contributed by atoms with E-state index in [0.29, 0.717) is 0 Å². The molecule has 0 saturated heterocycles. The van der Waals surface area contributed by atoms with Crippen LogP contribution in [0.1, 0.15) is 64.5 Å². The van der Waals surface area contributed by atoms with E-state index < -0.39 is 0 Å². The molecule has 7 aromatic carbocycles. The zero-order valence-corrected chi connectivity index (χ0v) is 41.0. The van der Waals surface area contributed by atoms with Gasteiger partial charge in [0.25, 0.3) is 0 Å². The van der Waals surface area contributed by atoms with Crippen LogP contribution in [0.25, 0.3) is 60.5 Å². The highest BCUT2D eigenvalue weighted by Crippen LogP contribution is 2.44. The smallest absolute Gasteiger partial charge is 0.0547 e. The molecule has 0 saturated carbocycles. The zero-order valence-electron chi connectivity index (χ0n) is 41.0. The SMILES string of the molecule is C=C(/C(=C\C=C/CC)C/C=C\C(=C/CC)N(c1ccc(C2=CCC=CC=C2c2ccccc2)cc1)c1cccc(-c2cccc3c2c2c4ccccc4ccc2n3-c2ccccc2)c1)/C(C)=C/C=C\C. The Kier molecular flexibility index (Phi) is 14.9. The number of hydrogen-bond acceptors (Lipinski definition) is 1. The number of anilines is 2. The van der Waals surface area contributed by atoms with Crippen LogP contribution in [-0.2, 0) is 0 Å². The summed E-state index contributed by atoms with van der Waals surface area (Å²) in [6.07, 6.45) is 32.3. The van der Waals surface area contributed by atoms with Crippen LogP contribution in [0.4, 0.5) is 11.4 Å². The van der Waals surface area contributed by atoms with Crippen LogP contribution in [-0.4, -0.2) is 4.57 Å². The Hall–Kier alpha value is -8.20. The van der Waals surface area contributed by atoms with Crippen molar-refractivity contribution in [3.05, 3.63) is 283 Å². The third-order valence-corrected chi connectivity index (χ3v) is 13.1. The lowest BCUT2D eigenvalue weighted by molar-refractivity contribution is 1.12. The van der Waals surface area contributed by atoms with E-state index in [0.717, 1.165) is 65.2 Å². The second kappa shape index (κ2) is 22.3. The minimum atomic E-state index is 0.736. The summed E-state index contributed by atoms with van der Waals surface area (Å²) < 4.78 is 2.43. The normalized spacial score (nSPS) is 13.8. The van der Waals surface area contributed by atoms with Crippen molar-refractivity contribution < 1.29 is 0 Å². The molecule has 0 spiro atoms. The topological polar surface area (TPSA) is 8.17 Å². The van der Waals surface area contributed by atoms with Crippen LogP contribution >= 0.6 is 0 Å². The van der Waals surface area contributed by atoms with Gasteiger partial charge in [-0.1, -0.05) is 209 Å². The van der Waals surface area contributed by atoms with Gasteiger partial charge in [0.05, 0.1) is 11.0 Å². The lowest BCUT2D eigenvalue weighted by Crippen LogP contribution is -2.15. The van der Waals surface area contributed by atoms with Crippen molar-refractivity contribution >= 4 is 55.1 Å². The van der Waals surface area contributed by atoms with Crippen LogP contribution in [0.15, 0.2) is 272 Å². The van der Waals surface area contributed by atoms with Gasteiger partial charge in [-0.25, -0.2) is 0 Å². The summed E-state index contributed by atoms with van der Waals surface area (Å²) in [6, 6.07) is 59.9. The molecular formula is C68H62N2. The maximum atomic E-state index is 4.57. The van der Waals surface area contributed by atoms with E-state index in [-0.39, 0.29) is 0 Å². The van der Waals surface area contributed by atoms with Crippen molar-refractivity contribution in [1.29, 1.82) is 0 Å². The fourth-order valence-corrected chi connectivity index (χ4v) is 9.70. The number of benzene rings is 7. The molecule has 8 aromatic rings. The van der Waals surface area contributed by atoms with Crippen molar-refractivity contribution in [2.45, 2.75) is 53.4 Å². The molecule has 0 bridgehead atoms. The lowest BCUT2D eigenvalue weighted by atomic mass is 9.91. The Bertz CT molecular complexity index is 3450. The summed E-state index contributed by atoms with van der Waals surface area (Å²) in [4.78, 5) is 2.43. The molecular weight excluding hydrogens is 845 g/mol. The maximum Gasteiger partial charge on any atom is 0.0547 e. The Morgan fingerprint density at radius 1 is 0.643 bits per heavy atom. The summed E-state index contributed by atoms with van der Waals surface area (Å²) in [7, 11) is 0. The quantitative estimate of drug-likeness (QED) is 0.0877. The molecule has 2 nitrogen and oxygen atoms in total. The molecule has 0 atom stereocenters. The highest BCUT2D eigenvalue weighted by Gasteiger charge is 2.21. The molecule has 70 heavy (non-hydrogen) atoms. The Labute approximate surface area is 415 Å². The van der Waals surface area contributed by atoms with Gasteiger partial charge in [0, 0.05) is 33.5 Å². The maximum absolute atomic E-state index is 4.57. The molecule has 0 N–H and O–H groups in total. The van der Waals surface area contributed by atoms with Crippen LogP contribution in [0.2, 0.25) is 0 Å². The third kappa shape index (κ3) is 10.00. The van der Waals surface area contributed by atoms with E-state index >= 15 is 0 Å². The lowest BCUT2D eigenvalue weighted by Gasteiger charge is -2.28. The number of nitrogens with zero attached hydrogens (tertiary/aromatic N) is 2. The van der Waals surface area contributed by atoms with Crippen LogP contribution in [0.3, 0.4) is 0 Å². The second-order valence-electron chi connectivity index (χ2n) is 17.7. The van der Waals surface area contributed by atoms with E-state index in [1.165, 1.54) is 66.0 Å². The molecule has 1 aromatic heterocycles. The molecule has 1 heterocycles. The van der Waals surface area contributed by atoms with Crippen molar-refractivity contribution in [1.82, 2.24) is 4.57 Å². The van der Waals surface area contributed by atoms with E-state index in [1.54, 1.807) is 0 Å². The molecule has 2 heteroatoms. The molecule has 0 unspecified atom stereocenters. The van der Waals surface area contributed by atoms with Crippen LogP contribution in [0, 0.1) is 0 Å².